The highest BCUT2D eigenvalue weighted by Gasteiger charge is 2.35. The molecule has 1 aliphatic carbocycles. The molecule has 2 amide bonds. The molecule has 1 fully saturated rings. The predicted molar refractivity (Wildman–Crippen MR) is 176 cm³/mol. The number of sulfonamides is 1. The Morgan fingerprint density at radius 2 is 1.62 bits per heavy atom. The zero-order valence-electron chi connectivity index (χ0n) is 26.9. The lowest BCUT2D eigenvalue weighted by Crippen LogP contribution is -2.54. The molecular formula is C35H45N3O6S. The molecule has 0 aromatic heterocycles. The van der Waals surface area contributed by atoms with Crippen LogP contribution in [0.5, 0.6) is 11.5 Å². The van der Waals surface area contributed by atoms with E-state index >= 15 is 0 Å². The van der Waals surface area contributed by atoms with Crippen molar-refractivity contribution in [2.24, 2.45) is 0 Å². The van der Waals surface area contributed by atoms with Crippen LogP contribution in [0.2, 0.25) is 0 Å². The Morgan fingerprint density at radius 3 is 2.24 bits per heavy atom. The summed E-state index contributed by atoms with van der Waals surface area (Å²) in [5.41, 5.74) is 2.90. The standard InChI is InChI=1S/C35H45N3O6S/c1-6-31(35(40)36-28-14-8-7-9-15-28)37(23-27-13-11-10-12-26(27)3)34(39)24-38(32-22-29(43-4)18-21-33(32)44-5)45(41,42)30-19-16-25(2)17-20-30/h10-13,16-22,28,31H,6-9,14-15,23-24H2,1-5H3,(H,36,40)/t31-/m1/s1. The van der Waals surface area contributed by atoms with E-state index in [0.717, 1.165) is 53.1 Å². The van der Waals surface area contributed by atoms with Gasteiger partial charge in [0.05, 0.1) is 24.8 Å². The summed E-state index contributed by atoms with van der Waals surface area (Å²) in [4.78, 5) is 29.8. The average Bonchev–Trinajstić information content (AvgIpc) is 3.04. The van der Waals surface area contributed by atoms with Crippen LogP contribution < -0.4 is 19.1 Å². The molecule has 45 heavy (non-hydrogen) atoms. The highest BCUT2D eigenvalue weighted by molar-refractivity contribution is 7.92. The summed E-state index contributed by atoms with van der Waals surface area (Å²) < 4.78 is 40.6. The molecule has 1 N–H and O–H groups in total. The molecule has 0 aliphatic heterocycles. The number of nitrogens with zero attached hydrogens (tertiary/aromatic N) is 2. The highest BCUT2D eigenvalue weighted by Crippen LogP contribution is 2.36. The molecule has 3 aromatic carbocycles. The molecule has 0 saturated heterocycles. The number of amides is 2. The van der Waals surface area contributed by atoms with E-state index in [-0.39, 0.29) is 34.8 Å². The normalized spacial score (nSPS) is 14.3. The number of hydrogen-bond acceptors (Lipinski definition) is 6. The van der Waals surface area contributed by atoms with Gasteiger partial charge in [-0.2, -0.15) is 0 Å². The van der Waals surface area contributed by atoms with E-state index in [1.165, 1.54) is 37.3 Å². The van der Waals surface area contributed by atoms with Crippen molar-refractivity contribution in [2.75, 3.05) is 25.1 Å². The first-order valence-electron chi connectivity index (χ1n) is 15.5. The van der Waals surface area contributed by atoms with E-state index < -0.39 is 28.5 Å². The van der Waals surface area contributed by atoms with Crippen LogP contribution in [-0.4, -0.2) is 58.0 Å². The Bertz CT molecular complexity index is 1570. The summed E-state index contributed by atoms with van der Waals surface area (Å²) in [6.07, 6.45) is 5.45. The fourth-order valence-corrected chi connectivity index (χ4v) is 7.19. The number of benzene rings is 3. The molecule has 10 heteroatoms. The quantitative estimate of drug-likeness (QED) is 0.256. The number of anilines is 1. The summed E-state index contributed by atoms with van der Waals surface area (Å²) in [5, 5.41) is 3.18. The van der Waals surface area contributed by atoms with Gasteiger partial charge < -0.3 is 19.7 Å². The summed E-state index contributed by atoms with van der Waals surface area (Å²) in [6.45, 7) is 5.29. The Labute approximate surface area is 267 Å². The van der Waals surface area contributed by atoms with Gasteiger partial charge in [-0.05, 0) is 68.5 Å². The van der Waals surface area contributed by atoms with Crippen molar-refractivity contribution in [3.63, 3.8) is 0 Å². The highest BCUT2D eigenvalue weighted by atomic mass is 32.2. The monoisotopic (exact) mass is 635 g/mol. The van der Waals surface area contributed by atoms with E-state index in [1.807, 2.05) is 45.0 Å². The van der Waals surface area contributed by atoms with Gasteiger partial charge in [0.2, 0.25) is 11.8 Å². The fourth-order valence-electron chi connectivity index (χ4n) is 5.78. The van der Waals surface area contributed by atoms with Crippen LogP contribution in [0.15, 0.2) is 71.6 Å². The van der Waals surface area contributed by atoms with E-state index in [2.05, 4.69) is 5.32 Å². The topological polar surface area (TPSA) is 105 Å². The first-order valence-corrected chi connectivity index (χ1v) is 17.0. The lowest BCUT2D eigenvalue weighted by atomic mass is 9.95. The van der Waals surface area contributed by atoms with Crippen molar-refractivity contribution in [1.29, 1.82) is 0 Å². The Hall–Kier alpha value is -4.05. The molecule has 4 rings (SSSR count). The van der Waals surface area contributed by atoms with E-state index in [9.17, 15) is 18.0 Å². The van der Waals surface area contributed by atoms with Gasteiger partial charge in [0.25, 0.3) is 10.0 Å². The number of ether oxygens (including phenoxy) is 2. The number of rotatable bonds is 13. The molecule has 0 spiro atoms. The third kappa shape index (κ3) is 8.16. The minimum Gasteiger partial charge on any atom is -0.497 e. The summed E-state index contributed by atoms with van der Waals surface area (Å²) in [7, 11) is -1.34. The van der Waals surface area contributed by atoms with Crippen molar-refractivity contribution >= 4 is 27.5 Å². The maximum absolute atomic E-state index is 14.5. The second-order valence-corrected chi connectivity index (χ2v) is 13.4. The first-order chi connectivity index (χ1) is 21.6. The summed E-state index contributed by atoms with van der Waals surface area (Å²) in [6, 6.07) is 18.2. The Balaban J connectivity index is 1.78. The van der Waals surface area contributed by atoms with Crippen molar-refractivity contribution in [2.45, 2.75) is 82.8 Å². The van der Waals surface area contributed by atoms with Crippen LogP contribution in [0, 0.1) is 13.8 Å². The third-order valence-electron chi connectivity index (χ3n) is 8.48. The number of carbonyl (C=O) groups is 2. The summed E-state index contributed by atoms with van der Waals surface area (Å²) >= 11 is 0. The zero-order valence-corrected chi connectivity index (χ0v) is 27.7. The van der Waals surface area contributed by atoms with Crippen molar-refractivity contribution < 1.29 is 27.5 Å². The minimum absolute atomic E-state index is 0.0262. The van der Waals surface area contributed by atoms with Crippen molar-refractivity contribution in [3.8, 4) is 11.5 Å². The van der Waals surface area contributed by atoms with Crippen LogP contribution >= 0.6 is 0 Å². The molecule has 0 bridgehead atoms. The van der Waals surface area contributed by atoms with Gasteiger partial charge in [-0.25, -0.2) is 8.42 Å². The first kappa shape index (κ1) is 33.8. The van der Waals surface area contributed by atoms with Crippen LogP contribution in [0.1, 0.15) is 62.1 Å². The molecule has 0 heterocycles. The number of methoxy groups -OCH3 is 2. The van der Waals surface area contributed by atoms with E-state index in [4.69, 9.17) is 9.47 Å². The third-order valence-corrected chi connectivity index (χ3v) is 10.3. The largest absolute Gasteiger partial charge is 0.497 e. The zero-order chi connectivity index (χ0) is 32.6. The lowest BCUT2D eigenvalue weighted by Gasteiger charge is -2.35. The SMILES string of the molecule is CC[C@H](C(=O)NC1CCCCC1)N(Cc1ccccc1C)C(=O)CN(c1cc(OC)ccc1OC)S(=O)(=O)c1ccc(C)cc1. The van der Waals surface area contributed by atoms with Crippen LogP contribution in [0.4, 0.5) is 5.69 Å². The number of carbonyl (C=O) groups excluding carboxylic acids is 2. The van der Waals surface area contributed by atoms with Gasteiger partial charge in [0, 0.05) is 18.7 Å². The lowest BCUT2D eigenvalue weighted by molar-refractivity contribution is -0.140. The van der Waals surface area contributed by atoms with Gasteiger partial charge in [0.15, 0.2) is 0 Å². The molecule has 9 nitrogen and oxygen atoms in total. The van der Waals surface area contributed by atoms with E-state index in [0.29, 0.717) is 12.2 Å². The molecule has 1 atom stereocenters. The van der Waals surface area contributed by atoms with Gasteiger partial charge in [-0.1, -0.05) is 68.1 Å². The van der Waals surface area contributed by atoms with Gasteiger partial charge in [0.1, 0.15) is 24.1 Å². The second kappa shape index (κ2) is 15.3. The molecule has 0 unspecified atom stereocenters. The second-order valence-electron chi connectivity index (χ2n) is 11.6. The smallest absolute Gasteiger partial charge is 0.264 e. The number of aryl methyl sites for hydroxylation is 2. The van der Waals surface area contributed by atoms with Gasteiger partial charge in [-0.15, -0.1) is 0 Å². The van der Waals surface area contributed by atoms with Crippen LogP contribution in [0.3, 0.4) is 0 Å². The fraction of sp³-hybridized carbons (Fsp3) is 0.429. The van der Waals surface area contributed by atoms with Crippen LogP contribution in [0.25, 0.3) is 0 Å². The Kier molecular flexibility index (Phi) is 11.5. The molecule has 3 aromatic rings. The molecule has 1 saturated carbocycles. The van der Waals surface area contributed by atoms with Gasteiger partial charge in [-0.3, -0.25) is 13.9 Å². The molecular weight excluding hydrogens is 590 g/mol. The van der Waals surface area contributed by atoms with Crippen molar-refractivity contribution in [3.05, 3.63) is 83.4 Å². The predicted octanol–water partition coefficient (Wildman–Crippen LogP) is 5.77. The van der Waals surface area contributed by atoms with Gasteiger partial charge >= 0.3 is 0 Å². The van der Waals surface area contributed by atoms with E-state index in [1.54, 1.807) is 24.3 Å². The maximum Gasteiger partial charge on any atom is 0.264 e. The summed E-state index contributed by atoms with van der Waals surface area (Å²) in [5.74, 6) is -0.0769. The van der Waals surface area contributed by atoms with Crippen LogP contribution in [-0.2, 0) is 26.2 Å². The number of hydrogen-bond donors (Lipinski definition) is 1. The average molecular weight is 636 g/mol. The molecule has 242 valence electrons. The number of nitrogens with one attached hydrogen (secondary N) is 1. The molecule has 0 radical (unpaired) electrons. The maximum atomic E-state index is 14.5. The minimum atomic E-state index is -4.26. The van der Waals surface area contributed by atoms with Crippen molar-refractivity contribution in [1.82, 2.24) is 10.2 Å². The Morgan fingerprint density at radius 1 is 0.933 bits per heavy atom. The molecule has 1 aliphatic rings.